The van der Waals surface area contributed by atoms with Crippen molar-refractivity contribution in [2.75, 3.05) is 13.2 Å². The molecule has 0 fully saturated rings. The van der Waals surface area contributed by atoms with E-state index in [9.17, 15) is 4.79 Å². The Hall–Kier alpha value is -0.630. The average Bonchev–Trinajstić information content (AvgIpc) is 2.11. The van der Waals surface area contributed by atoms with Gasteiger partial charge in [-0.1, -0.05) is 12.5 Å². The van der Waals surface area contributed by atoms with Crippen LogP contribution in [0.4, 0.5) is 0 Å². The van der Waals surface area contributed by atoms with Gasteiger partial charge in [-0.15, -0.1) is 0 Å². The summed E-state index contributed by atoms with van der Waals surface area (Å²) in [6, 6.07) is 0. The van der Waals surface area contributed by atoms with Crippen LogP contribution in [0.25, 0.3) is 0 Å². The maximum Gasteiger partial charge on any atom is 0.155 e. The third-order valence-corrected chi connectivity index (χ3v) is 2.54. The first-order chi connectivity index (χ1) is 6.24. The van der Waals surface area contributed by atoms with Gasteiger partial charge >= 0.3 is 0 Å². The van der Waals surface area contributed by atoms with Gasteiger partial charge in [0.15, 0.2) is 5.78 Å². The first kappa shape index (κ1) is 10.5. The lowest BCUT2D eigenvalue weighted by atomic mass is 9.87. The number of hydrogen-bond donors (Lipinski definition) is 0. The summed E-state index contributed by atoms with van der Waals surface area (Å²) in [5, 5.41) is 0. The van der Waals surface area contributed by atoms with E-state index >= 15 is 0 Å². The van der Waals surface area contributed by atoms with Crippen molar-refractivity contribution in [2.45, 2.75) is 33.1 Å². The van der Waals surface area contributed by atoms with Crippen molar-refractivity contribution >= 4 is 5.78 Å². The zero-order chi connectivity index (χ0) is 9.68. The highest BCUT2D eigenvalue weighted by Crippen LogP contribution is 2.24. The maximum absolute atomic E-state index is 11.1. The minimum Gasteiger partial charge on any atom is -0.381 e. The third-order valence-electron chi connectivity index (χ3n) is 2.54. The molecule has 1 rings (SSSR count). The quantitative estimate of drug-likeness (QED) is 0.624. The molecule has 0 aromatic rings. The number of ketones is 1. The Balaban J connectivity index is 2.41. The average molecular weight is 182 g/mol. The van der Waals surface area contributed by atoms with E-state index < -0.39 is 0 Å². The van der Waals surface area contributed by atoms with Gasteiger partial charge in [-0.25, -0.2) is 0 Å². The van der Waals surface area contributed by atoms with Gasteiger partial charge in [-0.2, -0.15) is 0 Å². The summed E-state index contributed by atoms with van der Waals surface area (Å²) in [6.45, 7) is 5.68. The molecular formula is C11H18O2. The summed E-state index contributed by atoms with van der Waals surface area (Å²) in [4.78, 5) is 11.1. The summed E-state index contributed by atoms with van der Waals surface area (Å²) < 4.78 is 5.27. The Kier molecular flexibility index (Phi) is 4.16. The topological polar surface area (TPSA) is 26.3 Å². The van der Waals surface area contributed by atoms with Crippen LogP contribution in [0.5, 0.6) is 0 Å². The smallest absolute Gasteiger partial charge is 0.155 e. The number of carbonyl (C=O) groups excluding carboxylic acids is 1. The minimum atomic E-state index is 0.282. The summed E-state index contributed by atoms with van der Waals surface area (Å²) in [5.74, 6) is 0.850. The molecule has 0 N–H and O–H groups in total. The molecule has 0 aliphatic heterocycles. The van der Waals surface area contributed by atoms with Gasteiger partial charge in [0.05, 0.1) is 6.61 Å². The van der Waals surface area contributed by atoms with Gasteiger partial charge in [0.25, 0.3) is 0 Å². The predicted molar refractivity (Wildman–Crippen MR) is 52.6 cm³/mol. The van der Waals surface area contributed by atoms with Crippen molar-refractivity contribution in [1.29, 1.82) is 0 Å². The minimum absolute atomic E-state index is 0.282. The monoisotopic (exact) mass is 182 g/mol. The fraction of sp³-hybridized carbons (Fsp3) is 0.727. The Morgan fingerprint density at radius 3 is 3.08 bits per heavy atom. The summed E-state index contributed by atoms with van der Waals surface area (Å²) in [6.07, 6.45) is 4.46. The van der Waals surface area contributed by atoms with Gasteiger partial charge in [-0.05, 0) is 31.8 Å². The van der Waals surface area contributed by atoms with Crippen LogP contribution in [0.2, 0.25) is 0 Å². The number of carbonyl (C=O) groups is 1. The zero-order valence-corrected chi connectivity index (χ0v) is 8.51. The lowest BCUT2D eigenvalue weighted by Gasteiger charge is -2.19. The van der Waals surface area contributed by atoms with Crippen LogP contribution < -0.4 is 0 Å². The molecule has 0 saturated heterocycles. The molecule has 0 aromatic carbocycles. The lowest BCUT2D eigenvalue weighted by molar-refractivity contribution is -0.115. The molecule has 0 aromatic heterocycles. The largest absolute Gasteiger partial charge is 0.381 e. The number of rotatable bonds is 4. The molecule has 2 nitrogen and oxygen atoms in total. The van der Waals surface area contributed by atoms with Crippen molar-refractivity contribution in [3.63, 3.8) is 0 Å². The standard InChI is InChI=1S/C11H18O2/c1-3-13-7-6-10-8-11(12)5-4-9(10)2/h8-9H,3-7H2,1-2H3. The second kappa shape index (κ2) is 5.18. The van der Waals surface area contributed by atoms with Gasteiger partial charge in [-0.3, -0.25) is 4.79 Å². The zero-order valence-electron chi connectivity index (χ0n) is 8.51. The Bertz CT molecular complexity index is 206. The van der Waals surface area contributed by atoms with Crippen LogP contribution >= 0.6 is 0 Å². The van der Waals surface area contributed by atoms with Crippen LogP contribution in [0.1, 0.15) is 33.1 Å². The molecule has 1 aliphatic rings. The van der Waals surface area contributed by atoms with E-state index in [0.29, 0.717) is 5.92 Å². The number of hydrogen-bond acceptors (Lipinski definition) is 2. The maximum atomic E-state index is 11.1. The van der Waals surface area contributed by atoms with E-state index in [1.807, 2.05) is 13.0 Å². The van der Waals surface area contributed by atoms with Gasteiger partial charge < -0.3 is 4.74 Å². The molecule has 0 heterocycles. The molecule has 2 heteroatoms. The highest BCUT2D eigenvalue weighted by Gasteiger charge is 2.16. The second-order valence-electron chi connectivity index (χ2n) is 3.57. The summed E-state index contributed by atoms with van der Waals surface area (Å²) >= 11 is 0. The van der Waals surface area contributed by atoms with Crippen molar-refractivity contribution < 1.29 is 9.53 Å². The second-order valence-corrected chi connectivity index (χ2v) is 3.57. The van der Waals surface area contributed by atoms with Crippen LogP contribution in [-0.2, 0) is 9.53 Å². The van der Waals surface area contributed by atoms with Crippen molar-refractivity contribution in [1.82, 2.24) is 0 Å². The highest BCUT2D eigenvalue weighted by molar-refractivity contribution is 5.91. The van der Waals surface area contributed by atoms with Crippen LogP contribution in [-0.4, -0.2) is 19.0 Å². The first-order valence-corrected chi connectivity index (χ1v) is 5.05. The molecule has 13 heavy (non-hydrogen) atoms. The van der Waals surface area contributed by atoms with Crippen molar-refractivity contribution in [2.24, 2.45) is 5.92 Å². The first-order valence-electron chi connectivity index (χ1n) is 5.05. The lowest BCUT2D eigenvalue weighted by Crippen LogP contribution is -2.12. The molecule has 74 valence electrons. The van der Waals surface area contributed by atoms with Crippen molar-refractivity contribution in [3.8, 4) is 0 Å². The fourth-order valence-corrected chi connectivity index (χ4v) is 1.62. The predicted octanol–water partition coefficient (Wildman–Crippen LogP) is 2.34. The Morgan fingerprint density at radius 1 is 1.62 bits per heavy atom. The Morgan fingerprint density at radius 2 is 2.38 bits per heavy atom. The summed E-state index contributed by atoms with van der Waals surface area (Å²) in [5.41, 5.74) is 1.27. The number of ether oxygens (including phenoxy) is 1. The molecule has 0 saturated carbocycles. The van der Waals surface area contributed by atoms with Crippen molar-refractivity contribution in [3.05, 3.63) is 11.6 Å². The molecule has 0 spiro atoms. The molecule has 0 bridgehead atoms. The van der Waals surface area contributed by atoms with E-state index in [1.54, 1.807) is 0 Å². The fourth-order valence-electron chi connectivity index (χ4n) is 1.62. The highest BCUT2D eigenvalue weighted by atomic mass is 16.5. The van der Waals surface area contributed by atoms with Gasteiger partial charge in [0.2, 0.25) is 0 Å². The Labute approximate surface area is 80.0 Å². The van der Waals surface area contributed by atoms with Crippen LogP contribution in [0.3, 0.4) is 0 Å². The summed E-state index contributed by atoms with van der Waals surface area (Å²) in [7, 11) is 0. The normalized spacial score (nSPS) is 23.1. The molecule has 0 radical (unpaired) electrons. The van der Waals surface area contributed by atoms with Gasteiger partial charge in [0.1, 0.15) is 0 Å². The molecule has 1 unspecified atom stereocenters. The van der Waals surface area contributed by atoms with Crippen LogP contribution in [0, 0.1) is 5.92 Å². The molecule has 1 aliphatic carbocycles. The molecular weight excluding hydrogens is 164 g/mol. The van der Waals surface area contributed by atoms with Crippen LogP contribution in [0.15, 0.2) is 11.6 Å². The number of allylic oxidation sites excluding steroid dienone is 1. The van der Waals surface area contributed by atoms with E-state index in [0.717, 1.165) is 32.5 Å². The molecule has 0 amide bonds. The van der Waals surface area contributed by atoms with E-state index in [2.05, 4.69) is 6.92 Å². The third kappa shape index (κ3) is 3.31. The van der Waals surface area contributed by atoms with E-state index in [-0.39, 0.29) is 5.78 Å². The van der Waals surface area contributed by atoms with E-state index in [4.69, 9.17) is 4.74 Å². The van der Waals surface area contributed by atoms with E-state index in [1.165, 1.54) is 5.57 Å². The SMILES string of the molecule is CCOCCC1=CC(=O)CCC1C. The van der Waals surface area contributed by atoms with Gasteiger partial charge in [0, 0.05) is 13.0 Å². The molecule has 1 atom stereocenters.